The fourth-order valence-corrected chi connectivity index (χ4v) is 4.99. The van der Waals surface area contributed by atoms with Gasteiger partial charge >= 0.3 is 0 Å². The van der Waals surface area contributed by atoms with Gasteiger partial charge in [-0.25, -0.2) is 9.96 Å². The van der Waals surface area contributed by atoms with E-state index in [4.69, 9.17) is 9.57 Å². The average Bonchev–Trinajstić information content (AvgIpc) is 3.40. The molecule has 0 aromatic heterocycles. The van der Waals surface area contributed by atoms with Crippen LogP contribution in [0, 0.1) is 5.92 Å². The van der Waals surface area contributed by atoms with Crippen LogP contribution >= 0.6 is 0 Å². The van der Waals surface area contributed by atoms with Gasteiger partial charge in [0.2, 0.25) is 5.91 Å². The number of hydrogen-bond donors (Lipinski definition) is 0. The first kappa shape index (κ1) is 20.4. The fraction of sp³-hybridized carbons (Fsp3) is 0.143. The van der Waals surface area contributed by atoms with Crippen LogP contribution in [0.25, 0.3) is 10.8 Å². The molecule has 0 aliphatic carbocycles. The van der Waals surface area contributed by atoms with Gasteiger partial charge < -0.3 is 4.74 Å². The molecule has 34 heavy (non-hydrogen) atoms. The van der Waals surface area contributed by atoms with E-state index in [0.29, 0.717) is 5.69 Å². The number of carbonyl (C=O) groups excluding carboxylic acids is 2. The topological polar surface area (TPSA) is 59.1 Å². The van der Waals surface area contributed by atoms with Gasteiger partial charge in [-0.15, -0.1) is 0 Å². The van der Waals surface area contributed by atoms with Gasteiger partial charge in [0.25, 0.3) is 5.91 Å². The van der Waals surface area contributed by atoms with E-state index in [1.807, 2.05) is 97.1 Å². The summed E-state index contributed by atoms with van der Waals surface area (Å²) in [5.41, 5.74) is 2.25. The largest absolute Gasteiger partial charge is 0.497 e. The summed E-state index contributed by atoms with van der Waals surface area (Å²) in [6, 6.07) is 30.0. The van der Waals surface area contributed by atoms with Crippen LogP contribution in [0.4, 0.5) is 11.4 Å². The zero-order valence-electron chi connectivity index (χ0n) is 18.5. The van der Waals surface area contributed by atoms with E-state index < -0.39 is 18.1 Å². The molecule has 6 rings (SSSR count). The number of methoxy groups -OCH3 is 1. The van der Waals surface area contributed by atoms with Crippen molar-refractivity contribution in [3.63, 3.8) is 0 Å². The number of imide groups is 1. The Balaban J connectivity index is 1.45. The Morgan fingerprint density at radius 3 is 2.24 bits per heavy atom. The summed E-state index contributed by atoms with van der Waals surface area (Å²) in [4.78, 5) is 35.1. The summed E-state index contributed by atoms with van der Waals surface area (Å²) in [6.07, 6.45) is -0.904. The molecule has 6 nitrogen and oxygen atoms in total. The Morgan fingerprint density at radius 2 is 1.47 bits per heavy atom. The summed E-state index contributed by atoms with van der Waals surface area (Å²) in [6.45, 7) is 0. The van der Waals surface area contributed by atoms with Crippen LogP contribution in [0.1, 0.15) is 11.6 Å². The number of fused-ring (bicyclic) bond motifs is 2. The minimum Gasteiger partial charge on any atom is -0.497 e. The third-order valence-electron chi connectivity index (χ3n) is 6.59. The van der Waals surface area contributed by atoms with Crippen LogP contribution in [-0.4, -0.2) is 25.0 Å². The number of benzene rings is 4. The monoisotopic (exact) mass is 450 g/mol. The Morgan fingerprint density at radius 1 is 0.765 bits per heavy atom. The minimum atomic E-state index is -0.904. The molecule has 2 amide bonds. The second-order valence-electron chi connectivity index (χ2n) is 8.44. The zero-order valence-corrected chi connectivity index (χ0v) is 18.5. The first-order valence-corrected chi connectivity index (χ1v) is 11.2. The van der Waals surface area contributed by atoms with Crippen molar-refractivity contribution in [3.05, 3.63) is 103 Å². The summed E-state index contributed by atoms with van der Waals surface area (Å²) in [5.74, 6) is -0.564. The Hall–Kier alpha value is -4.16. The number of nitrogens with zero attached hydrogens (tertiary/aromatic N) is 2. The predicted molar refractivity (Wildman–Crippen MR) is 129 cm³/mol. The van der Waals surface area contributed by atoms with Crippen molar-refractivity contribution in [1.82, 2.24) is 0 Å². The first-order valence-electron chi connectivity index (χ1n) is 11.2. The quantitative estimate of drug-likeness (QED) is 0.414. The summed E-state index contributed by atoms with van der Waals surface area (Å²) in [7, 11) is 1.61. The highest BCUT2D eigenvalue weighted by Gasteiger charge is 2.60. The van der Waals surface area contributed by atoms with Crippen LogP contribution < -0.4 is 14.7 Å². The molecule has 4 aromatic rings. The third kappa shape index (κ3) is 3.07. The van der Waals surface area contributed by atoms with E-state index >= 15 is 0 Å². The number of hydroxylamine groups is 1. The number of carbonyl (C=O) groups is 2. The van der Waals surface area contributed by atoms with E-state index in [2.05, 4.69) is 0 Å². The van der Waals surface area contributed by atoms with Crippen molar-refractivity contribution < 1.29 is 19.2 Å². The zero-order chi connectivity index (χ0) is 23.2. The van der Waals surface area contributed by atoms with Crippen molar-refractivity contribution in [2.24, 2.45) is 5.92 Å². The molecule has 168 valence electrons. The fourth-order valence-electron chi connectivity index (χ4n) is 4.99. The van der Waals surface area contributed by atoms with E-state index in [1.54, 1.807) is 12.2 Å². The second-order valence-corrected chi connectivity index (χ2v) is 8.44. The van der Waals surface area contributed by atoms with Gasteiger partial charge in [-0.2, -0.15) is 0 Å². The molecule has 0 N–H and O–H groups in total. The van der Waals surface area contributed by atoms with Crippen molar-refractivity contribution >= 4 is 34.0 Å². The van der Waals surface area contributed by atoms with Crippen LogP contribution in [0.3, 0.4) is 0 Å². The molecule has 0 spiro atoms. The normalized spacial score (nSPS) is 21.9. The van der Waals surface area contributed by atoms with Crippen LogP contribution in [-0.2, 0) is 14.4 Å². The highest BCUT2D eigenvalue weighted by atomic mass is 16.7. The standard InChI is InChI=1S/C28H22N2O4/c1-33-21-16-14-19(15-17-21)25-24-26(34-30(25)20-10-3-2-4-11-20)28(32)29(27(24)31)23-13-7-9-18-8-5-6-12-22(18)23/h2-17,24-26H,1H3/t24-,25+,26+/m1/s1. The Bertz CT molecular complexity index is 1380. The van der Waals surface area contributed by atoms with Gasteiger partial charge in [-0.05, 0) is 41.3 Å². The number of rotatable bonds is 4. The Labute approximate surface area is 196 Å². The summed E-state index contributed by atoms with van der Waals surface area (Å²) < 4.78 is 5.31. The SMILES string of the molecule is COc1ccc([C@H]2[C@H]3C(=O)N(c4cccc5ccccc45)C(=O)[C@H]3ON2c2ccccc2)cc1. The van der Waals surface area contributed by atoms with Crippen LogP contribution in [0.15, 0.2) is 97.1 Å². The maximum atomic E-state index is 13.9. The molecule has 0 bridgehead atoms. The number of anilines is 2. The number of para-hydroxylation sites is 1. The molecule has 0 radical (unpaired) electrons. The molecule has 0 unspecified atom stereocenters. The maximum absolute atomic E-state index is 13.9. The lowest BCUT2D eigenvalue weighted by Gasteiger charge is -2.29. The molecule has 2 heterocycles. The molecule has 2 aliphatic rings. The van der Waals surface area contributed by atoms with Crippen molar-refractivity contribution in [1.29, 1.82) is 0 Å². The lowest BCUT2D eigenvalue weighted by Crippen LogP contribution is -2.37. The second kappa shape index (κ2) is 8.01. The molecule has 6 heteroatoms. The van der Waals surface area contributed by atoms with Gasteiger partial charge in [0, 0.05) is 5.39 Å². The van der Waals surface area contributed by atoms with Gasteiger partial charge in [0.15, 0.2) is 6.10 Å². The number of hydrogen-bond acceptors (Lipinski definition) is 5. The summed E-state index contributed by atoms with van der Waals surface area (Å²) >= 11 is 0. The molecular formula is C28H22N2O4. The summed E-state index contributed by atoms with van der Waals surface area (Å²) in [5, 5.41) is 3.52. The molecule has 2 aliphatic heterocycles. The lowest BCUT2D eigenvalue weighted by molar-refractivity contribution is -0.126. The third-order valence-corrected chi connectivity index (χ3v) is 6.59. The number of ether oxygens (including phenoxy) is 1. The van der Waals surface area contributed by atoms with Crippen molar-refractivity contribution in [2.75, 3.05) is 17.1 Å². The minimum absolute atomic E-state index is 0.259. The average molecular weight is 450 g/mol. The van der Waals surface area contributed by atoms with Crippen molar-refractivity contribution in [3.8, 4) is 5.75 Å². The molecule has 2 fully saturated rings. The van der Waals surface area contributed by atoms with Gasteiger partial charge in [-0.1, -0.05) is 66.7 Å². The van der Waals surface area contributed by atoms with E-state index in [0.717, 1.165) is 27.8 Å². The van der Waals surface area contributed by atoms with Gasteiger partial charge in [-0.3, -0.25) is 14.4 Å². The van der Waals surface area contributed by atoms with E-state index in [1.165, 1.54) is 4.90 Å². The highest BCUT2D eigenvalue weighted by Crippen LogP contribution is 2.48. The molecule has 4 aromatic carbocycles. The van der Waals surface area contributed by atoms with Gasteiger partial charge in [0.1, 0.15) is 11.7 Å². The lowest BCUT2D eigenvalue weighted by atomic mass is 9.90. The first-order chi connectivity index (χ1) is 16.7. The van der Waals surface area contributed by atoms with Crippen molar-refractivity contribution in [2.45, 2.75) is 12.1 Å². The molecular weight excluding hydrogens is 428 g/mol. The smallest absolute Gasteiger partial charge is 0.266 e. The van der Waals surface area contributed by atoms with Crippen LogP contribution in [0.2, 0.25) is 0 Å². The Kier molecular flexibility index (Phi) is 4.81. The molecule has 0 saturated carbocycles. The number of amides is 2. The van der Waals surface area contributed by atoms with E-state index in [-0.39, 0.29) is 11.8 Å². The maximum Gasteiger partial charge on any atom is 0.266 e. The van der Waals surface area contributed by atoms with E-state index in [9.17, 15) is 9.59 Å². The molecule has 2 saturated heterocycles. The predicted octanol–water partition coefficient (Wildman–Crippen LogP) is 4.90. The highest BCUT2D eigenvalue weighted by molar-refractivity contribution is 6.26. The molecule has 3 atom stereocenters. The van der Waals surface area contributed by atoms with Gasteiger partial charge in [0.05, 0.1) is 24.5 Å². The van der Waals surface area contributed by atoms with Crippen LogP contribution in [0.5, 0.6) is 5.75 Å².